The van der Waals surface area contributed by atoms with E-state index in [1.54, 1.807) is 41.5 Å². The number of nitrogens with zero attached hydrogens (tertiary/aromatic N) is 2. The van der Waals surface area contributed by atoms with Crippen molar-refractivity contribution in [2.75, 3.05) is 7.11 Å². The Hall–Kier alpha value is -2.99. The van der Waals surface area contributed by atoms with Gasteiger partial charge in [0.25, 0.3) is 5.56 Å². The maximum absolute atomic E-state index is 13.8. The lowest BCUT2D eigenvalue weighted by atomic mass is 9.55. The molecule has 0 spiro atoms. The number of hydrogen-bond donors (Lipinski definition) is 0. The van der Waals surface area contributed by atoms with Crippen LogP contribution in [0.4, 0.5) is 4.39 Å². The molecule has 3 aliphatic carbocycles. The van der Waals surface area contributed by atoms with Crippen LogP contribution >= 0.6 is 11.3 Å². The summed E-state index contributed by atoms with van der Waals surface area (Å²) in [5.74, 6) is 2.52. The number of fused-ring (bicyclic) bond motifs is 9. The first-order valence-electron chi connectivity index (χ1n) is 13.4. The lowest BCUT2D eigenvalue weighted by Gasteiger charge is -2.49. The summed E-state index contributed by atoms with van der Waals surface area (Å²) in [6.07, 6.45) is 8.01. The second-order valence-corrected chi connectivity index (χ2v) is 12.4. The van der Waals surface area contributed by atoms with Crippen molar-refractivity contribution in [3.63, 3.8) is 0 Å². The van der Waals surface area contributed by atoms with E-state index < -0.39 is 0 Å². The zero-order chi connectivity index (χ0) is 25.3. The summed E-state index contributed by atoms with van der Waals surface area (Å²) in [5, 5.41) is 0.853. The molecule has 3 aliphatic rings. The fourth-order valence-corrected chi connectivity index (χ4v) is 9.10. The van der Waals surface area contributed by atoms with Gasteiger partial charge in [0.2, 0.25) is 0 Å². The minimum Gasteiger partial charge on any atom is -0.497 e. The molecule has 2 heterocycles. The maximum Gasteiger partial charge on any atom is 0.262 e. The number of methoxy groups -OCH3 is 1. The van der Waals surface area contributed by atoms with Gasteiger partial charge in [-0.05, 0) is 108 Å². The highest BCUT2D eigenvalue weighted by molar-refractivity contribution is 7.18. The Balaban J connectivity index is 1.22. The Kier molecular flexibility index (Phi) is 5.33. The van der Waals surface area contributed by atoms with Gasteiger partial charge in [-0.25, -0.2) is 9.37 Å². The van der Waals surface area contributed by atoms with E-state index in [1.807, 2.05) is 0 Å². The van der Waals surface area contributed by atoms with Crippen LogP contribution in [0.2, 0.25) is 0 Å². The normalized spacial score (nSPS) is 25.9. The first-order chi connectivity index (χ1) is 18.0. The van der Waals surface area contributed by atoms with Crippen LogP contribution in [-0.2, 0) is 31.2 Å². The molecule has 0 radical (unpaired) electrons. The van der Waals surface area contributed by atoms with E-state index >= 15 is 0 Å². The Morgan fingerprint density at radius 1 is 1.19 bits per heavy atom. The summed E-state index contributed by atoms with van der Waals surface area (Å²) in [6.45, 7) is 2.97. The van der Waals surface area contributed by atoms with Crippen LogP contribution in [0.3, 0.4) is 0 Å². The second kappa shape index (κ2) is 8.52. The summed E-state index contributed by atoms with van der Waals surface area (Å²) in [6, 6.07) is 13.2. The van der Waals surface area contributed by atoms with Gasteiger partial charge >= 0.3 is 0 Å². The molecule has 0 bridgehead atoms. The van der Waals surface area contributed by atoms with Crippen molar-refractivity contribution in [1.82, 2.24) is 9.55 Å². The first kappa shape index (κ1) is 23.2. The van der Waals surface area contributed by atoms with E-state index in [4.69, 9.17) is 9.72 Å². The molecule has 7 rings (SSSR count). The van der Waals surface area contributed by atoms with Crippen molar-refractivity contribution < 1.29 is 9.13 Å². The molecule has 4 unspecified atom stereocenters. The number of hydrogen-bond acceptors (Lipinski definition) is 4. The SMILES string of the molecule is COc1ccc2c(c1)CCC1C2CCC2(C)c3c(sc4ncn(CCc5ccc(F)cc5)c(=O)c34)CC12. The fourth-order valence-electron chi connectivity index (χ4n) is 7.77. The lowest BCUT2D eigenvalue weighted by molar-refractivity contribution is 0.106. The third kappa shape index (κ3) is 3.52. The van der Waals surface area contributed by atoms with Crippen LogP contribution in [0.15, 0.2) is 53.6 Å². The maximum atomic E-state index is 13.8. The minimum atomic E-state index is -0.239. The molecular weight excluding hydrogens is 483 g/mol. The molecule has 6 heteroatoms. The third-order valence-corrected chi connectivity index (χ3v) is 10.7. The first-order valence-corrected chi connectivity index (χ1v) is 14.2. The second-order valence-electron chi connectivity index (χ2n) is 11.3. The number of aromatic nitrogens is 2. The van der Waals surface area contributed by atoms with Gasteiger partial charge in [0.1, 0.15) is 16.4 Å². The van der Waals surface area contributed by atoms with Gasteiger partial charge in [0.05, 0.1) is 18.8 Å². The number of benzene rings is 2. The molecule has 4 atom stereocenters. The molecule has 37 heavy (non-hydrogen) atoms. The van der Waals surface area contributed by atoms with E-state index in [-0.39, 0.29) is 16.8 Å². The lowest BCUT2D eigenvalue weighted by Crippen LogP contribution is -2.43. The molecule has 4 aromatic rings. The largest absolute Gasteiger partial charge is 0.497 e. The fraction of sp³-hybridized carbons (Fsp3) is 0.419. The predicted molar refractivity (Wildman–Crippen MR) is 145 cm³/mol. The van der Waals surface area contributed by atoms with Gasteiger partial charge < -0.3 is 4.74 Å². The molecule has 190 valence electrons. The van der Waals surface area contributed by atoms with Crippen molar-refractivity contribution in [2.45, 2.75) is 63.3 Å². The van der Waals surface area contributed by atoms with Gasteiger partial charge in [0.15, 0.2) is 0 Å². The molecule has 4 nitrogen and oxygen atoms in total. The molecular formula is C31H31FN2O2S. The Morgan fingerprint density at radius 2 is 2.03 bits per heavy atom. The van der Waals surface area contributed by atoms with Crippen LogP contribution in [0.5, 0.6) is 5.75 Å². The van der Waals surface area contributed by atoms with Crippen LogP contribution in [0, 0.1) is 17.7 Å². The van der Waals surface area contributed by atoms with Gasteiger partial charge in [-0.3, -0.25) is 9.36 Å². The summed E-state index contributed by atoms with van der Waals surface area (Å²) in [7, 11) is 1.74. The average molecular weight is 515 g/mol. The summed E-state index contributed by atoms with van der Waals surface area (Å²) in [4.78, 5) is 20.8. The standard InChI is InChI=1S/C31H31FN2O2S/c1-31-13-11-23-22-10-8-21(36-2)15-19(22)5-9-24(23)25(31)16-26-28(31)27-29(37-26)33-17-34(30(27)35)14-12-18-3-6-20(32)7-4-18/h3-4,6-8,10,15,17,23-25H,5,9,11-14,16H2,1-2H3. The monoisotopic (exact) mass is 514 g/mol. The average Bonchev–Trinajstić information content (AvgIpc) is 3.43. The van der Waals surface area contributed by atoms with Gasteiger partial charge in [-0.1, -0.05) is 25.1 Å². The van der Waals surface area contributed by atoms with Crippen molar-refractivity contribution in [1.29, 1.82) is 0 Å². The van der Waals surface area contributed by atoms with Gasteiger partial charge in [-0.2, -0.15) is 0 Å². The number of aryl methyl sites for hydroxylation is 3. The number of ether oxygens (including phenoxy) is 1. The van der Waals surface area contributed by atoms with E-state index in [0.717, 1.165) is 47.2 Å². The van der Waals surface area contributed by atoms with Crippen molar-refractivity contribution in [2.24, 2.45) is 11.8 Å². The van der Waals surface area contributed by atoms with Crippen LogP contribution in [0.25, 0.3) is 10.2 Å². The minimum absolute atomic E-state index is 0.0235. The molecule has 1 saturated carbocycles. The Morgan fingerprint density at radius 3 is 2.84 bits per heavy atom. The van der Waals surface area contributed by atoms with Gasteiger partial charge in [-0.15, -0.1) is 11.3 Å². The van der Waals surface area contributed by atoms with E-state index in [0.29, 0.717) is 30.7 Å². The quantitative estimate of drug-likeness (QED) is 0.316. The highest BCUT2D eigenvalue weighted by Gasteiger charge is 2.54. The Bertz CT molecular complexity index is 1570. The molecule has 2 aromatic heterocycles. The molecule has 1 fully saturated rings. The molecule has 0 amide bonds. The van der Waals surface area contributed by atoms with Crippen molar-refractivity contribution in [3.8, 4) is 5.75 Å². The number of halogens is 1. The molecule has 0 aliphatic heterocycles. The Labute approximate surface area is 220 Å². The topological polar surface area (TPSA) is 44.1 Å². The zero-order valence-electron chi connectivity index (χ0n) is 21.3. The predicted octanol–water partition coefficient (Wildman–Crippen LogP) is 6.42. The smallest absolute Gasteiger partial charge is 0.262 e. The number of thiophene rings is 1. The van der Waals surface area contributed by atoms with E-state index in [2.05, 4.69) is 25.1 Å². The zero-order valence-corrected chi connectivity index (χ0v) is 22.1. The van der Waals surface area contributed by atoms with Crippen LogP contribution < -0.4 is 10.3 Å². The molecule has 0 saturated heterocycles. The van der Waals surface area contributed by atoms with Crippen molar-refractivity contribution in [3.05, 3.63) is 92.1 Å². The molecule has 2 aromatic carbocycles. The third-order valence-electron chi connectivity index (χ3n) is 9.61. The van der Waals surface area contributed by atoms with Crippen molar-refractivity contribution >= 4 is 21.6 Å². The van der Waals surface area contributed by atoms with E-state index in [1.165, 1.54) is 40.1 Å². The van der Waals surface area contributed by atoms with Gasteiger partial charge in [0, 0.05) is 11.4 Å². The summed E-state index contributed by atoms with van der Waals surface area (Å²) in [5.41, 5.74) is 5.39. The van der Waals surface area contributed by atoms with E-state index in [9.17, 15) is 9.18 Å². The van der Waals surface area contributed by atoms with Crippen LogP contribution in [-0.4, -0.2) is 16.7 Å². The summed E-state index contributed by atoms with van der Waals surface area (Å²) >= 11 is 1.74. The summed E-state index contributed by atoms with van der Waals surface area (Å²) < 4.78 is 20.5. The number of rotatable bonds is 4. The highest BCUT2D eigenvalue weighted by atomic mass is 32.1. The highest BCUT2D eigenvalue weighted by Crippen LogP contribution is 2.62. The van der Waals surface area contributed by atoms with Crippen LogP contribution in [0.1, 0.15) is 59.2 Å². The molecule has 0 N–H and O–H groups in total.